The van der Waals surface area contributed by atoms with Gasteiger partial charge < -0.3 is 15.3 Å². The van der Waals surface area contributed by atoms with Crippen molar-refractivity contribution >= 4 is 5.88 Å². The third-order valence-corrected chi connectivity index (χ3v) is 1.60. The standard InChI is InChI=1S/C7H10N2O4/c8-5(3-4-10)6-1-2-7(13-6)9(11)12/h1-2,5,10H,3-4,8H2. The van der Waals surface area contributed by atoms with Crippen LogP contribution in [0.15, 0.2) is 16.5 Å². The predicted molar refractivity (Wildman–Crippen MR) is 44.0 cm³/mol. The average molecular weight is 186 g/mol. The van der Waals surface area contributed by atoms with Gasteiger partial charge in [0.1, 0.15) is 10.7 Å². The lowest BCUT2D eigenvalue weighted by Crippen LogP contribution is -2.10. The molecule has 0 saturated heterocycles. The van der Waals surface area contributed by atoms with Crippen molar-refractivity contribution in [3.05, 3.63) is 28.0 Å². The van der Waals surface area contributed by atoms with E-state index in [1.807, 2.05) is 0 Å². The van der Waals surface area contributed by atoms with Gasteiger partial charge in [0.25, 0.3) is 0 Å². The fourth-order valence-corrected chi connectivity index (χ4v) is 0.921. The largest absolute Gasteiger partial charge is 0.433 e. The number of aliphatic hydroxyl groups excluding tert-OH is 1. The number of furan rings is 1. The van der Waals surface area contributed by atoms with E-state index in [9.17, 15) is 10.1 Å². The molecule has 1 rings (SSSR count). The molecule has 3 N–H and O–H groups in total. The normalized spacial score (nSPS) is 12.8. The minimum atomic E-state index is -0.630. The smallest absolute Gasteiger partial charge is 0.404 e. The van der Waals surface area contributed by atoms with E-state index in [1.54, 1.807) is 0 Å². The molecule has 1 aromatic heterocycles. The summed E-state index contributed by atoms with van der Waals surface area (Å²) in [5.74, 6) is -0.0101. The third-order valence-electron chi connectivity index (χ3n) is 1.60. The van der Waals surface area contributed by atoms with Crippen molar-refractivity contribution < 1.29 is 14.4 Å². The fourth-order valence-electron chi connectivity index (χ4n) is 0.921. The Morgan fingerprint density at radius 1 is 1.69 bits per heavy atom. The molecule has 0 spiro atoms. The Bertz CT molecular complexity index is 296. The van der Waals surface area contributed by atoms with Gasteiger partial charge in [0, 0.05) is 6.61 Å². The summed E-state index contributed by atoms with van der Waals surface area (Å²) in [4.78, 5) is 9.59. The van der Waals surface area contributed by atoms with Gasteiger partial charge in [-0.15, -0.1) is 0 Å². The van der Waals surface area contributed by atoms with Crippen LogP contribution < -0.4 is 5.73 Å². The van der Waals surface area contributed by atoms with Crippen LogP contribution in [0.1, 0.15) is 18.2 Å². The number of aliphatic hydroxyl groups is 1. The molecule has 0 aliphatic carbocycles. The van der Waals surface area contributed by atoms with E-state index < -0.39 is 11.0 Å². The molecule has 0 aliphatic rings. The molecule has 6 nitrogen and oxygen atoms in total. The number of rotatable bonds is 4. The Morgan fingerprint density at radius 2 is 2.38 bits per heavy atom. The first-order valence-corrected chi connectivity index (χ1v) is 3.75. The number of nitrogens with two attached hydrogens (primary N) is 1. The molecule has 13 heavy (non-hydrogen) atoms. The molecule has 1 atom stereocenters. The highest BCUT2D eigenvalue weighted by Crippen LogP contribution is 2.21. The summed E-state index contributed by atoms with van der Waals surface area (Å²) in [5, 5.41) is 18.8. The molecule has 0 fully saturated rings. The molecular formula is C7H10N2O4. The summed E-state index contributed by atoms with van der Waals surface area (Å²) < 4.78 is 4.82. The topological polar surface area (TPSA) is 103 Å². The van der Waals surface area contributed by atoms with Crippen molar-refractivity contribution in [3.63, 3.8) is 0 Å². The predicted octanol–water partition coefficient (Wildman–Crippen LogP) is 0.570. The van der Waals surface area contributed by atoms with Gasteiger partial charge in [-0.3, -0.25) is 10.1 Å². The van der Waals surface area contributed by atoms with Crippen molar-refractivity contribution in [2.45, 2.75) is 12.5 Å². The highest BCUT2D eigenvalue weighted by atomic mass is 16.6. The van der Waals surface area contributed by atoms with Gasteiger partial charge in [-0.2, -0.15) is 0 Å². The lowest BCUT2D eigenvalue weighted by Gasteiger charge is -2.03. The lowest BCUT2D eigenvalue weighted by molar-refractivity contribution is -0.402. The molecule has 0 bridgehead atoms. The molecule has 6 heteroatoms. The molecule has 0 aliphatic heterocycles. The number of nitro groups is 1. The molecular weight excluding hydrogens is 176 g/mol. The third kappa shape index (κ3) is 2.27. The highest BCUT2D eigenvalue weighted by molar-refractivity contribution is 5.19. The zero-order chi connectivity index (χ0) is 9.84. The van der Waals surface area contributed by atoms with Crippen LogP contribution in [0.5, 0.6) is 0 Å². The highest BCUT2D eigenvalue weighted by Gasteiger charge is 2.15. The quantitative estimate of drug-likeness (QED) is 0.528. The number of hydrogen-bond acceptors (Lipinski definition) is 5. The maximum absolute atomic E-state index is 10.2. The minimum Gasteiger partial charge on any atom is -0.404 e. The zero-order valence-electron chi connectivity index (χ0n) is 6.84. The van der Waals surface area contributed by atoms with E-state index in [-0.39, 0.29) is 12.5 Å². The van der Waals surface area contributed by atoms with Gasteiger partial charge in [0.15, 0.2) is 0 Å². The van der Waals surface area contributed by atoms with Crippen LogP contribution in [0.2, 0.25) is 0 Å². The maximum Gasteiger partial charge on any atom is 0.433 e. The molecule has 0 aromatic carbocycles. The van der Waals surface area contributed by atoms with E-state index in [4.69, 9.17) is 15.3 Å². The average Bonchev–Trinajstić information content (AvgIpc) is 2.52. The second-order valence-corrected chi connectivity index (χ2v) is 2.55. The molecule has 72 valence electrons. The minimum absolute atomic E-state index is 0.0737. The summed E-state index contributed by atoms with van der Waals surface area (Å²) in [5.41, 5.74) is 5.54. The van der Waals surface area contributed by atoms with Crippen molar-refractivity contribution in [3.8, 4) is 0 Å². The SMILES string of the molecule is NC(CCO)c1ccc([N+](=O)[O-])o1. The zero-order valence-corrected chi connectivity index (χ0v) is 6.84. The second-order valence-electron chi connectivity index (χ2n) is 2.55. The van der Waals surface area contributed by atoms with Gasteiger partial charge in [0.05, 0.1) is 12.1 Å². The summed E-state index contributed by atoms with van der Waals surface area (Å²) in [6.07, 6.45) is 0.324. The van der Waals surface area contributed by atoms with Gasteiger partial charge in [-0.1, -0.05) is 0 Å². The summed E-state index contributed by atoms with van der Waals surface area (Å²) in [6, 6.07) is 2.20. The van der Waals surface area contributed by atoms with Crippen LogP contribution in [-0.2, 0) is 0 Å². The Hall–Kier alpha value is -1.40. The molecule has 0 radical (unpaired) electrons. The van der Waals surface area contributed by atoms with Crippen LogP contribution >= 0.6 is 0 Å². The summed E-state index contributed by atoms with van der Waals surface area (Å²) in [6.45, 7) is -0.0737. The van der Waals surface area contributed by atoms with Gasteiger partial charge in [-0.05, 0) is 12.5 Å². The molecule has 0 saturated carbocycles. The molecule has 1 aromatic rings. The summed E-state index contributed by atoms with van der Waals surface area (Å²) >= 11 is 0. The number of hydrogen-bond donors (Lipinski definition) is 2. The van der Waals surface area contributed by atoms with E-state index in [0.29, 0.717) is 12.2 Å². The first kappa shape index (κ1) is 9.69. The van der Waals surface area contributed by atoms with Crippen LogP contribution in [0.4, 0.5) is 5.88 Å². The van der Waals surface area contributed by atoms with Gasteiger partial charge >= 0.3 is 5.88 Å². The molecule has 1 heterocycles. The lowest BCUT2D eigenvalue weighted by atomic mass is 10.2. The van der Waals surface area contributed by atoms with Crippen LogP contribution in [-0.4, -0.2) is 16.6 Å². The van der Waals surface area contributed by atoms with Crippen LogP contribution in [0.25, 0.3) is 0 Å². The Labute approximate surface area is 74.1 Å². The number of nitrogens with zero attached hydrogens (tertiary/aromatic N) is 1. The van der Waals surface area contributed by atoms with Gasteiger partial charge in [0.2, 0.25) is 0 Å². The van der Waals surface area contributed by atoms with Crippen molar-refractivity contribution in [2.75, 3.05) is 6.61 Å². The van der Waals surface area contributed by atoms with E-state index in [1.165, 1.54) is 12.1 Å². The Balaban J connectivity index is 2.73. The molecule has 0 amide bonds. The summed E-state index contributed by atoms with van der Waals surface area (Å²) in [7, 11) is 0. The van der Waals surface area contributed by atoms with Crippen molar-refractivity contribution in [1.82, 2.24) is 0 Å². The van der Waals surface area contributed by atoms with Crippen LogP contribution in [0, 0.1) is 10.1 Å². The first-order valence-electron chi connectivity index (χ1n) is 3.75. The molecule has 1 unspecified atom stereocenters. The van der Waals surface area contributed by atoms with E-state index in [2.05, 4.69) is 0 Å². The monoisotopic (exact) mass is 186 g/mol. The van der Waals surface area contributed by atoms with Crippen molar-refractivity contribution in [1.29, 1.82) is 0 Å². The Kier molecular flexibility index (Phi) is 2.99. The second kappa shape index (κ2) is 4.01. The van der Waals surface area contributed by atoms with E-state index >= 15 is 0 Å². The van der Waals surface area contributed by atoms with E-state index in [0.717, 1.165) is 0 Å². The first-order chi connectivity index (χ1) is 6.15. The van der Waals surface area contributed by atoms with Crippen molar-refractivity contribution in [2.24, 2.45) is 5.73 Å². The van der Waals surface area contributed by atoms with Crippen LogP contribution in [0.3, 0.4) is 0 Å². The van der Waals surface area contributed by atoms with Gasteiger partial charge in [-0.25, -0.2) is 0 Å². The maximum atomic E-state index is 10.2. The Morgan fingerprint density at radius 3 is 2.85 bits per heavy atom. The fraction of sp³-hybridized carbons (Fsp3) is 0.429.